The average Bonchev–Trinajstić information content (AvgIpc) is 2.53. The number of hydrogen-bond acceptors (Lipinski definition) is 3. The third-order valence-corrected chi connectivity index (χ3v) is 3.13. The molecule has 7 N–H and O–H groups in total. The van der Waals surface area contributed by atoms with E-state index in [0.29, 0.717) is 25.2 Å². The van der Waals surface area contributed by atoms with Gasteiger partial charge in [0.25, 0.3) is 5.91 Å². The Labute approximate surface area is 142 Å². The van der Waals surface area contributed by atoms with Gasteiger partial charge < -0.3 is 22.3 Å². The van der Waals surface area contributed by atoms with E-state index in [0.717, 1.165) is 16.7 Å². The van der Waals surface area contributed by atoms with Gasteiger partial charge in [-0.05, 0) is 28.8 Å². The molecule has 0 saturated carbocycles. The van der Waals surface area contributed by atoms with Crippen LogP contribution in [0.3, 0.4) is 0 Å². The van der Waals surface area contributed by atoms with Gasteiger partial charge in [0, 0.05) is 43.8 Å². The van der Waals surface area contributed by atoms with Gasteiger partial charge in [-0.15, -0.1) is 0 Å². The van der Waals surface area contributed by atoms with Gasteiger partial charge in [0.05, 0.1) is 0 Å². The van der Waals surface area contributed by atoms with Crippen molar-refractivity contribution in [1.29, 1.82) is 0 Å². The van der Waals surface area contributed by atoms with Crippen molar-refractivity contribution in [3.63, 3.8) is 0 Å². The molecule has 22 heavy (non-hydrogen) atoms. The van der Waals surface area contributed by atoms with Crippen LogP contribution < -0.4 is 16.8 Å². The maximum Gasteiger partial charge on any atom is 0.251 e. The van der Waals surface area contributed by atoms with E-state index in [2.05, 4.69) is 5.32 Å². The van der Waals surface area contributed by atoms with Crippen molar-refractivity contribution in [1.82, 2.24) is 5.32 Å². The molecule has 0 unspecified atom stereocenters. The molecule has 117 valence electrons. The first-order valence-electron chi connectivity index (χ1n) is 6.58. The smallest absolute Gasteiger partial charge is 0.251 e. The molecule has 0 fully saturated rings. The van der Waals surface area contributed by atoms with Crippen LogP contribution in [0.5, 0.6) is 0 Å². The standard InChI is InChI=1S/C16H19N3O.H2O.V/c17-9-12-4-6-15(7-5-12)16(20)19-11-14-3-1-2-13(8-14)10-18;;/h1-8H,9-11,17-18H2,(H,19,20);1H2;. The van der Waals surface area contributed by atoms with Crippen molar-refractivity contribution in [2.75, 3.05) is 0 Å². The monoisotopic (exact) mass is 338 g/mol. The first-order valence-corrected chi connectivity index (χ1v) is 6.58. The number of nitrogens with one attached hydrogen (secondary N) is 1. The molecule has 0 aromatic heterocycles. The van der Waals surface area contributed by atoms with Gasteiger partial charge in [0.15, 0.2) is 0 Å². The molecule has 0 atom stereocenters. The predicted octanol–water partition coefficient (Wildman–Crippen LogP) is 0.707. The fourth-order valence-electron chi connectivity index (χ4n) is 1.94. The van der Waals surface area contributed by atoms with Crippen LogP contribution in [0.15, 0.2) is 48.5 Å². The largest absolute Gasteiger partial charge is 0.412 e. The van der Waals surface area contributed by atoms with Gasteiger partial charge in [-0.2, -0.15) is 0 Å². The van der Waals surface area contributed by atoms with Crippen LogP contribution in [0.2, 0.25) is 0 Å². The fraction of sp³-hybridized carbons (Fsp3) is 0.188. The number of carbonyl (C=O) groups is 1. The molecule has 0 bridgehead atoms. The Morgan fingerprint density at radius 3 is 2.09 bits per heavy atom. The molecule has 0 saturated heterocycles. The van der Waals surface area contributed by atoms with Crippen LogP contribution in [0.1, 0.15) is 27.0 Å². The number of rotatable bonds is 5. The maximum absolute atomic E-state index is 12.0. The van der Waals surface area contributed by atoms with Crippen molar-refractivity contribution < 1.29 is 28.8 Å². The Balaban J connectivity index is 0.00000220. The molecule has 1 radical (unpaired) electrons. The summed E-state index contributed by atoms with van der Waals surface area (Å²) >= 11 is 0. The number of carbonyl (C=O) groups excluding carboxylic acids is 1. The molecule has 0 aliphatic rings. The van der Waals surface area contributed by atoms with E-state index in [-0.39, 0.29) is 29.9 Å². The van der Waals surface area contributed by atoms with Crippen LogP contribution in [0.25, 0.3) is 0 Å². The minimum Gasteiger partial charge on any atom is -0.412 e. The summed E-state index contributed by atoms with van der Waals surface area (Å²) in [5.41, 5.74) is 14.9. The maximum atomic E-state index is 12.0. The molecule has 0 aliphatic heterocycles. The van der Waals surface area contributed by atoms with E-state index < -0.39 is 0 Å². The summed E-state index contributed by atoms with van der Waals surface area (Å²) in [5.74, 6) is -0.0910. The second-order valence-corrected chi connectivity index (χ2v) is 4.61. The zero-order valence-corrected chi connectivity index (χ0v) is 13.6. The van der Waals surface area contributed by atoms with Gasteiger partial charge in [-0.1, -0.05) is 36.4 Å². The summed E-state index contributed by atoms with van der Waals surface area (Å²) in [6.07, 6.45) is 0. The number of amides is 1. The van der Waals surface area contributed by atoms with Crippen molar-refractivity contribution in [3.8, 4) is 0 Å². The SMILES string of the molecule is NCc1ccc(C(=O)NCc2cccc(CN)c2)cc1.O.[V]. The van der Waals surface area contributed by atoms with Crippen molar-refractivity contribution in [2.45, 2.75) is 19.6 Å². The second kappa shape index (κ2) is 10.2. The van der Waals surface area contributed by atoms with Gasteiger partial charge >= 0.3 is 0 Å². The van der Waals surface area contributed by atoms with E-state index in [1.54, 1.807) is 12.1 Å². The quantitative estimate of drug-likeness (QED) is 0.746. The Bertz CT molecular complexity index is 588. The minimum atomic E-state index is -0.0910. The van der Waals surface area contributed by atoms with E-state index in [1.807, 2.05) is 36.4 Å². The zero-order chi connectivity index (χ0) is 14.4. The molecule has 2 aromatic rings. The van der Waals surface area contributed by atoms with E-state index in [9.17, 15) is 4.79 Å². The van der Waals surface area contributed by atoms with Gasteiger partial charge in [0.2, 0.25) is 0 Å². The molecule has 2 rings (SSSR count). The average molecular weight is 338 g/mol. The predicted molar refractivity (Wildman–Crippen MR) is 83.5 cm³/mol. The molecule has 6 heteroatoms. The topological polar surface area (TPSA) is 113 Å². The summed E-state index contributed by atoms with van der Waals surface area (Å²) in [6, 6.07) is 15.2. The van der Waals surface area contributed by atoms with Crippen LogP contribution >= 0.6 is 0 Å². The van der Waals surface area contributed by atoms with Gasteiger partial charge in [-0.3, -0.25) is 4.79 Å². The first-order chi connectivity index (χ1) is 9.72. The minimum absolute atomic E-state index is 0. The summed E-state index contributed by atoms with van der Waals surface area (Å²) in [5, 5.41) is 2.89. The van der Waals surface area contributed by atoms with E-state index in [1.165, 1.54) is 0 Å². The van der Waals surface area contributed by atoms with Crippen molar-refractivity contribution in [2.24, 2.45) is 11.5 Å². The first kappa shape index (κ1) is 20.4. The van der Waals surface area contributed by atoms with Gasteiger partial charge in [0.1, 0.15) is 0 Å². The van der Waals surface area contributed by atoms with E-state index >= 15 is 0 Å². The Morgan fingerprint density at radius 1 is 0.909 bits per heavy atom. The summed E-state index contributed by atoms with van der Waals surface area (Å²) < 4.78 is 0. The number of nitrogens with two attached hydrogens (primary N) is 2. The van der Waals surface area contributed by atoms with Crippen LogP contribution in [0.4, 0.5) is 0 Å². The molecular weight excluding hydrogens is 317 g/mol. The van der Waals surface area contributed by atoms with Crippen LogP contribution in [-0.2, 0) is 38.2 Å². The molecule has 5 nitrogen and oxygen atoms in total. The van der Waals surface area contributed by atoms with Crippen molar-refractivity contribution >= 4 is 5.91 Å². The summed E-state index contributed by atoms with van der Waals surface area (Å²) in [6.45, 7) is 1.47. The molecule has 1 amide bonds. The molecular formula is C16H21N3O2V. The third kappa shape index (κ3) is 5.63. The zero-order valence-electron chi connectivity index (χ0n) is 12.3. The molecule has 2 aromatic carbocycles. The van der Waals surface area contributed by atoms with Crippen molar-refractivity contribution in [3.05, 3.63) is 70.8 Å². The van der Waals surface area contributed by atoms with Crippen LogP contribution in [0, 0.1) is 0 Å². The Hall–Kier alpha value is -1.63. The normalized spacial score (nSPS) is 9.36. The Kier molecular flexibility index (Phi) is 9.41. The third-order valence-electron chi connectivity index (χ3n) is 3.13. The number of hydrogen-bond donors (Lipinski definition) is 3. The number of benzene rings is 2. The Morgan fingerprint density at radius 2 is 1.50 bits per heavy atom. The molecule has 0 aliphatic carbocycles. The second-order valence-electron chi connectivity index (χ2n) is 4.61. The molecule has 0 spiro atoms. The van der Waals surface area contributed by atoms with E-state index in [4.69, 9.17) is 11.5 Å². The van der Waals surface area contributed by atoms with Gasteiger partial charge in [-0.25, -0.2) is 0 Å². The molecule has 0 heterocycles. The summed E-state index contributed by atoms with van der Waals surface area (Å²) in [4.78, 5) is 12.0. The van der Waals surface area contributed by atoms with Crippen LogP contribution in [-0.4, -0.2) is 11.4 Å². The fourth-order valence-corrected chi connectivity index (χ4v) is 1.94. The summed E-state index contributed by atoms with van der Waals surface area (Å²) in [7, 11) is 0.